The highest BCUT2D eigenvalue weighted by Gasteiger charge is 2.22. The van der Waals surface area contributed by atoms with Crippen molar-refractivity contribution in [3.63, 3.8) is 0 Å². The van der Waals surface area contributed by atoms with E-state index in [9.17, 15) is 9.59 Å². The lowest BCUT2D eigenvalue weighted by molar-refractivity contribution is -0.137. The molecule has 0 aliphatic rings. The van der Waals surface area contributed by atoms with Crippen LogP contribution in [0.25, 0.3) is 0 Å². The van der Waals surface area contributed by atoms with E-state index >= 15 is 0 Å². The predicted molar refractivity (Wildman–Crippen MR) is 66.6 cm³/mol. The number of carboxylic acids is 1. The Hall–Kier alpha value is -1.10. The lowest BCUT2D eigenvalue weighted by Gasteiger charge is -2.26. The third-order valence-electron chi connectivity index (χ3n) is 2.44. The fourth-order valence-electron chi connectivity index (χ4n) is 1.36. The molecule has 0 aromatic heterocycles. The highest BCUT2D eigenvalue weighted by Crippen LogP contribution is 2.13. The van der Waals surface area contributed by atoms with Crippen molar-refractivity contribution in [3.05, 3.63) is 0 Å². The molecule has 0 atom stereocenters. The molecule has 17 heavy (non-hydrogen) atoms. The highest BCUT2D eigenvalue weighted by atomic mass is 16.4. The van der Waals surface area contributed by atoms with Gasteiger partial charge in [-0.3, -0.25) is 9.59 Å². The molecular formula is C12H24N2O3. The van der Waals surface area contributed by atoms with E-state index in [4.69, 9.17) is 10.8 Å². The molecule has 0 aliphatic carbocycles. The van der Waals surface area contributed by atoms with Crippen molar-refractivity contribution in [3.8, 4) is 0 Å². The molecule has 0 rings (SSSR count). The lowest BCUT2D eigenvalue weighted by atomic mass is 9.96. The average molecular weight is 244 g/mol. The number of aliphatic carboxylic acids is 1. The summed E-state index contributed by atoms with van der Waals surface area (Å²) in [6, 6.07) is 0. The van der Waals surface area contributed by atoms with Gasteiger partial charge in [0.1, 0.15) is 0 Å². The zero-order valence-electron chi connectivity index (χ0n) is 11.2. The summed E-state index contributed by atoms with van der Waals surface area (Å²) >= 11 is 0. The normalized spacial score (nSPS) is 12.3. The van der Waals surface area contributed by atoms with Crippen LogP contribution < -0.4 is 11.1 Å². The molecule has 0 aromatic carbocycles. The molecule has 0 bridgehead atoms. The Morgan fingerprint density at radius 1 is 1.12 bits per heavy atom. The van der Waals surface area contributed by atoms with E-state index in [0.29, 0.717) is 19.3 Å². The topological polar surface area (TPSA) is 92.4 Å². The van der Waals surface area contributed by atoms with Crippen LogP contribution in [0.2, 0.25) is 0 Å². The van der Waals surface area contributed by atoms with Gasteiger partial charge in [-0.15, -0.1) is 0 Å². The maximum Gasteiger partial charge on any atom is 0.303 e. The van der Waals surface area contributed by atoms with E-state index in [1.165, 1.54) is 0 Å². The fourth-order valence-corrected chi connectivity index (χ4v) is 1.36. The Kier molecular flexibility index (Phi) is 5.61. The maximum absolute atomic E-state index is 11.6. The molecular weight excluding hydrogens is 220 g/mol. The Morgan fingerprint density at radius 3 is 2.06 bits per heavy atom. The van der Waals surface area contributed by atoms with Crippen molar-refractivity contribution in [1.29, 1.82) is 0 Å². The second-order valence-electron chi connectivity index (χ2n) is 5.81. The quantitative estimate of drug-likeness (QED) is 0.628. The van der Waals surface area contributed by atoms with Gasteiger partial charge in [-0.25, -0.2) is 0 Å². The van der Waals surface area contributed by atoms with Crippen LogP contribution in [0.4, 0.5) is 0 Å². The van der Waals surface area contributed by atoms with Crippen LogP contribution in [-0.4, -0.2) is 28.1 Å². The van der Waals surface area contributed by atoms with Crippen molar-refractivity contribution < 1.29 is 14.7 Å². The summed E-state index contributed by atoms with van der Waals surface area (Å²) in [5.41, 5.74) is 4.94. The van der Waals surface area contributed by atoms with Gasteiger partial charge in [-0.1, -0.05) is 0 Å². The molecule has 5 heteroatoms. The molecule has 0 spiro atoms. The third kappa shape index (κ3) is 9.81. The molecule has 100 valence electrons. The number of hydrogen-bond acceptors (Lipinski definition) is 3. The van der Waals surface area contributed by atoms with Gasteiger partial charge < -0.3 is 16.2 Å². The van der Waals surface area contributed by atoms with Gasteiger partial charge in [0.2, 0.25) is 5.91 Å². The van der Waals surface area contributed by atoms with Crippen molar-refractivity contribution in [2.45, 2.75) is 64.5 Å². The zero-order valence-corrected chi connectivity index (χ0v) is 11.2. The summed E-state index contributed by atoms with van der Waals surface area (Å²) in [6.45, 7) is 7.38. The largest absolute Gasteiger partial charge is 0.481 e. The SMILES string of the molecule is CC(C)(N)CCC(=O)NC(C)(C)CCC(=O)O. The molecule has 0 aromatic rings. The summed E-state index contributed by atoms with van der Waals surface area (Å²) < 4.78 is 0. The van der Waals surface area contributed by atoms with Gasteiger partial charge in [0.25, 0.3) is 0 Å². The number of carbonyl (C=O) groups excluding carboxylic acids is 1. The van der Waals surface area contributed by atoms with Crippen LogP contribution in [0.5, 0.6) is 0 Å². The van der Waals surface area contributed by atoms with E-state index in [0.717, 1.165) is 0 Å². The van der Waals surface area contributed by atoms with Gasteiger partial charge in [0, 0.05) is 23.9 Å². The zero-order chi connectivity index (χ0) is 13.7. The molecule has 0 saturated heterocycles. The van der Waals surface area contributed by atoms with Crippen molar-refractivity contribution in [2.75, 3.05) is 0 Å². The standard InChI is InChI=1S/C12H24N2O3/c1-11(2,13)7-5-9(15)14-12(3,4)8-6-10(16)17/h5-8,13H2,1-4H3,(H,14,15)(H,16,17). The van der Waals surface area contributed by atoms with Crippen molar-refractivity contribution >= 4 is 11.9 Å². The lowest BCUT2D eigenvalue weighted by Crippen LogP contribution is -2.44. The molecule has 4 N–H and O–H groups in total. The third-order valence-corrected chi connectivity index (χ3v) is 2.44. The average Bonchev–Trinajstić information content (AvgIpc) is 2.10. The van der Waals surface area contributed by atoms with E-state index in [-0.39, 0.29) is 17.9 Å². The number of carbonyl (C=O) groups is 2. The molecule has 0 unspecified atom stereocenters. The van der Waals surface area contributed by atoms with Crippen LogP contribution in [0, 0.1) is 0 Å². The van der Waals surface area contributed by atoms with Crippen LogP contribution in [-0.2, 0) is 9.59 Å². The van der Waals surface area contributed by atoms with E-state index < -0.39 is 11.5 Å². The predicted octanol–water partition coefficient (Wildman–Crippen LogP) is 1.26. The van der Waals surface area contributed by atoms with Crippen LogP contribution in [0.15, 0.2) is 0 Å². The van der Waals surface area contributed by atoms with Crippen molar-refractivity contribution in [2.24, 2.45) is 5.73 Å². The van der Waals surface area contributed by atoms with Gasteiger partial charge in [0.05, 0.1) is 0 Å². The second kappa shape index (κ2) is 6.00. The number of rotatable bonds is 7. The van der Waals surface area contributed by atoms with E-state index in [1.807, 2.05) is 27.7 Å². The summed E-state index contributed by atoms with van der Waals surface area (Å²) in [6.07, 6.45) is 1.43. The highest BCUT2D eigenvalue weighted by molar-refractivity contribution is 5.77. The van der Waals surface area contributed by atoms with E-state index in [1.54, 1.807) is 0 Å². The van der Waals surface area contributed by atoms with Gasteiger partial charge >= 0.3 is 5.97 Å². The van der Waals surface area contributed by atoms with Crippen LogP contribution in [0.1, 0.15) is 53.4 Å². The molecule has 0 fully saturated rings. The van der Waals surface area contributed by atoms with Crippen molar-refractivity contribution in [1.82, 2.24) is 5.32 Å². The van der Waals surface area contributed by atoms with Crippen LogP contribution in [0.3, 0.4) is 0 Å². The second-order valence-corrected chi connectivity index (χ2v) is 5.81. The maximum atomic E-state index is 11.6. The molecule has 0 saturated carbocycles. The smallest absolute Gasteiger partial charge is 0.303 e. The Balaban J connectivity index is 4.05. The summed E-state index contributed by atoms with van der Waals surface area (Å²) in [5, 5.41) is 11.4. The molecule has 1 amide bonds. The van der Waals surface area contributed by atoms with Gasteiger partial charge in [-0.2, -0.15) is 0 Å². The number of hydrogen-bond donors (Lipinski definition) is 3. The first-order valence-electron chi connectivity index (χ1n) is 5.83. The number of nitrogens with two attached hydrogens (primary N) is 1. The monoisotopic (exact) mass is 244 g/mol. The van der Waals surface area contributed by atoms with Gasteiger partial charge in [0.15, 0.2) is 0 Å². The Morgan fingerprint density at radius 2 is 1.65 bits per heavy atom. The molecule has 0 aliphatic heterocycles. The first-order valence-corrected chi connectivity index (χ1v) is 5.83. The first-order chi connectivity index (χ1) is 7.52. The van der Waals surface area contributed by atoms with Crippen LogP contribution >= 0.6 is 0 Å². The number of amides is 1. The minimum Gasteiger partial charge on any atom is -0.481 e. The number of carboxylic acid groups (broad SMARTS) is 1. The summed E-state index contributed by atoms with van der Waals surface area (Å²) in [7, 11) is 0. The number of nitrogens with one attached hydrogen (secondary N) is 1. The first kappa shape index (κ1) is 15.9. The van der Waals surface area contributed by atoms with Gasteiger partial charge in [-0.05, 0) is 40.5 Å². The summed E-state index contributed by atoms with van der Waals surface area (Å²) in [4.78, 5) is 22.1. The minimum absolute atomic E-state index is 0.0513. The van der Waals surface area contributed by atoms with E-state index in [2.05, 4.69) is 5.32 Å². The molecule has 5 nitrogen and oxygen atoms in total. The molecule has 0 heterocycles. The minimum atomic E-state index is -0.851. The summed E-state index contributed by atoms with van der Waals surface area (Å²) in [5.74, 6) is -0.936. The Bertz CT molecular complexity index is 280. The molecule has 0 radical (unpaired) electrons. The fraction of sp³-hybridized carbons (Fsp3) is 0.833. The Labute approximate surface area is 103 Å².